The number of anilines is 1. The van der Waals surface area contributed by atoms with Crippen molar-refractivity contribution in [1.29, 1.82) is 0 Å². The molecule has 24 heavy (non-hydrogen) atoms. The molecule has 0 saturated heterocycles. The van der Waals surface area contributed by atoms with Gasteiger partial charge in [-0.15, -0.1) is 0 Å². The van der Waals surface area contributed by atoms with Crippen LogP contribution in [0.2, 0.25) is 0 Å². The molecular weight excluding hydrogens is 304 g/mol. The molecule has 0 unspecified atom stereocenters. The number of nitrogens with zero attached hydrogens (tertiary/aromatic N) is 2. The average molecular weight is 322 g/mol. The SMILES string of the molecule is CC(=O)N1CCc2cc(-c3cncc(/C(C)=C/C(=O)O)c3)ccc21. The first-order chi connectivity index (χ1) is 11.5. The molecule has 122 valence electrons. The zero-order valence-electron chi connectivity index (χ0n) is 13.6. The summed E-state index contributed by atoms with van der Waals surface area (Å²) in [6.07, 6.45) is 5.43. The van der Waals surface area contributed by atoms with Crippen molar-refractivity contribution in [2.45, 2.75) is 20.3 Å². The summed E-state index contributed by atoms with van der Waals surface area (Å²) < 4.78 is 0. The van der Waals surface area contributed by atoms with Gasteiger partial charge >= 0.3 is 5.97 Å². The fourth-order valence-corrected chi connectivity index (χ4v) is 2.99. The summed E-state index contributed by atoms with van der Waals surface area (Å²) in [6.45, 7) is 4.04. The molecule has 0 radical (unpaired) electrons. The molecule has 0 aliphatic carbocycles. The second kappa shape index (κ2) is 6.28. The monoisotopic (exact) mass is 322 g/mol. The van der Waals surface area contributed by atoms with E-state index in [0.29, 0.717) is 12.1 Å². The highest BCUT2D eigenvalue weighted by molar-refractivity contribution is 5.94. The van der Waals surface area contributed by atoms with Crippen LogP contribution in [0.25, 0.3) is 16.7 Å². The Balaban J connectivity index is 1.96. The van der Waals surface area contributed by atoms with E-state index in [-0.39, 0.29) is 5.91 Å². The number of benzene rings is 1. The lowest BCUT2D eigenvalue weighted by atomic mass is 10.00. The highest BCUT2D eigenvalue weighted by Gasteiger charge is 2.22. The Morgan fingerprint density at radius 3 is 2.67 bits per heavy atom. The largest absolute Gasteiger partial charge is 0.478 e. The van der Waals surface area contributed by atoms with Crippen molar-refractivity contribution >= 4 is 23.1 Å². The van der Waals surface area contributed by atoms with Crippen LogP contribution in [0.15, 0.2) is 42.7 Å². The third-order valence-corrected chi connectivity index (χ3v) is 4.22. The number of pyridine rings is 1. The fourth-order valence-electron chi connectivity index (χ4n) is 2.99. The van der Waals surface area contributed by atoms with Crippen molar-refractivity contribution in [3.63, 3.8) is 0 Å². The number of fused-ring (bicyclic) bond motifs is 1. The molecular formula is C19H18N2O3. The number of hydrogen-bond acceptors (Lipinski definition) is 3. The van der Waals surface area contributed by atoms with E-state index in [0.717, 1.165) is 34.4 Å². The van der Waals surface area contributed by atoms with Gasteiger partial charge in [-0.25, -0.2) is 4.79 Å². The van der Waals surface area contributed by atoms with Gasteiger partial charge in [0.05, 0.1) is 0 Å². The standard InChI is InChI=1S/C19H18N2O3/c1-12(7-19(23)24)16-9-17(11-20-10-16)14-3-4-18-15(8-14)5-6-21(18)13(2)22/h3-4,7-11H,5-6H2,1-2H3,(H,23,24)/b12-7+. The van der Waals surface area contributed by atoms with Crippen LogP contribution in [0.1, 0.15) is 25.0 Å². The van der Waals surface area contributed by atoms with Crippen LogP contribution < -0.4 is 4.90 Å². The van der Waals surface area contributed by atoms with E-state index in [4.69, 9.17) is 5.11 Å². The van der Waals surface area contributed by atoms with Gasteiger partial charge in [0.2, 0.25) is 5.91 Å². The van der Waals surface area contributed by atoms with E-state index in [1.54, 1.807) is 31.1 Å². The van der Waals surface area contributed by atoms with Gasteiger partial charge < -0.3 is 10.0 Å². The Hall–Kier alpha value is -2.95. The third kappa shape index (κ3) is 3.06. The minimum Gasteiger partial charge on any atom is -0.478 e. The molecule has 0 atom stereocenters. The third-order valence-electron chi connectivity index (χ3n) is 4.22. The molecule has 1 aromatic heterocycles. The summed E-state index contributed by atoms with van der Waals surface area (Å²) in [5, 5.41) is 8.88. The van der Waals surface area contributed by atoms with Gasteiger partial charge in [-0.3, -0.25) is 9.78 Å². The summed E-state index contributed by atoms with van der Waals surface area (Å²) in [4.78, 5) is 28.5. The molecule has 1 aliphatic heterocycles. The second-order valence-electron chi connectivity index (χ2n) is 5.89. The number of aliphatic carboxylic acids is 1. The van der Waals surface area contributed by atoms with Gasteiger partial charge in [-0.1, -0.05) is 6.07 Å². The van der Waals surface area contributed by atoms with Crippen LogP contribution in [0.3, 0.4) is 0 Å². The lowest BCUT2D eigenvalue weighted by Gasteiger charge is -2.15. The second-order valence-corrected chi connectivity index (χ2v) is 5.89. The number of carboxylic acid groups (broad SMARTS) is 1. The first-order valence-electron chi connectivity index (χ1n) is 7.74. The van der Waals surface area contributed by atoms with E-state index in [1.807, 2.05) is 18.2 Å². The van der Waals surface area contributed by atoms with Crippen LogP contribution >= 0.6 is 0 Å². The molecule has 2 heterocycles. The Morgan fingerprint density at radius 2 is 1.96 bits per heavy atom. The van der Waals surface area contributed by atoms with E-state index in [2.05, 4.69) is 11.1 Å². The normalized spacial score (nSPS) is 13.8. The lowest BCUT2D eigenvalue weighted by molar-refractivity contribution is -0.131. The molecule has 0 saturated carbocycles. The molecule has 0 fully saturated rings. The average Bonchev–Trinajstić information content (AvgIpc) is 2.97. The van der Waals surface area contributed by atoms with Crippen molar-refractivity contribution in [2.75, 3.05) is 11.4 Å². The molecule has 1 N–H and O–H groups in total. The number of allylic oxidation sites excluding steroid dienone is 1. The summed E-state index contributed by atoms with van der Waals surface area (Å²) in [7, 11) is 0. The summed E-state index contributed by atoms with van der Waals surface area (Å²) in [6, 6.07) is 7.94. The van der Waals surface area contributed by atoms with Gasteiger partial charge in [-0.05, 0) is 53.8 Å². The van der Waals surface area contributed by atoms with Gasteiger partial charge in [0, 0.05) is 43.2 Å². The van der Waals surface area contributed by atoms with E-state index in [9.17, 15) is 9.59 Å². The summed E-state index contributed by atoms with van der Waals surface area (Å²) in [5.41, 5.74) is 5.48. The Labute approximate surface area is 140 Å². The molecule has 5 nitrogen and oxygen atoms in total. The number of rotatable bonds is 3. The molecule has 5 heteroatoms. The van der Waals surface area contributed by atoms with E-state index >= 15 is 0 Å². The summed E-state index contributed by atoms with van der Waals surface area (Å²) in [5.74, 6) is -0.917. The highest BCUT2D eigenvalue weighted by atomic mass is 16.4. The van der Waals surface area contributed by atoms with Crippen molar-refractivity contribution in [3.05, 3.63) is 53.9 Å². The number of amides is 1. The number of carbonyl (C=O) groups excluding carboxylic acids is 1. The molecule has 1 amide bonds. The van der Waals surface area contributed by atoms with E-state index in [1.165, 1.54) is 6.08 Å². The predicted molar refractivity (Wildman–Crippen MR) is 92.7 cm³/mol. The molecule has 3 rings (SSSR count). The van der Waals surface area contributed by atoms with Crippen molar-refractivity contribution in [1.82, 2.24) is 4.98 Å². The van der Waals surface area contributed by atoms with Crippen LogP contribution in [0.5, 0.6) is 0 Å². The molecule has 0 spiro atoms. The molecule has 2 aromatic rings. The van der Waals surface area contributed by atoms with E-state index < -0.39 is 5.97 Å². The van der Waals surface area contributed by atoms with Crippen molar-refractivity contribution in [2.24, 2.45) is 0 Å². The van der Waals surface area contributed by atoms with Crippen LogP contribution in [0, 0.1) is 0 Å². The van der Waals surface area contributed by atoms with Crippen LogP contribution in [-0.4, -0.2) is 28.5 Å². The lowest BCUT2D eigenvalue weighted by Crippen LogP contribution is -2.25. The van der Waals surface area contributed by atoms with Gasteiger partial charge in [0.25, 0.3) is 0 Å². The topological polar surface area (TPSA) is 70.5 Å². The summed E-state index contributed by atoms with van der Waals surface area (Å²) >= 11 is 0. The predicted octanol–water partition coefficient (Wildman–Crippen LogP) is 3.15. The zero-order valence-corrected chi connectivity index (χ0v) is 13.6. The highest BCUT2D eigenvalue weighted by Crippen LogP contribution is 2.32. The van der Waals surface area contributed by atoms with Gasteiger partial charge in [-0.2, -0.15) is 0 Å². The van der Waals surface area contributed by atoms with Gasteiger partial charge in [0.15, 0.2) is 0 Å². The number of carbonyl (C=O) groups is 2. The first-order valence-corrected chi connectivity index (χ1v) is 7.74. The van der Waals surface area contributed by atoms with Crippen molar-refractivity contribution < 1.29 is 14.7 Å². The Morgan fingerprint density at radius 1 is 1.17 bits per heavy atom. The number of carboxylic acids is 1. The Kier molecular flexibility index (Phi) is 4.16. The minimum atomic E-state index is -0.972. The molecule has 1 aliphatic rings. The van der Waals surface area contributed by atoms with Crippen LogP contribution in [-0.2, 0) is 16.0 Å². The number of aromatic nitrogens is 1. The fraction of sp³-hybridized carbons (Fsp3) is 0.211. The smallest absolute Gasteiger partial charge is 0.328 e. The maximum absolute atomic E-state index is 11.6. The molecule has 0 bridgehead atoms. The minimum absolute atomic E-state index is 0.0552. The molecule has 1 aromatic carbocycles. The number of hydrogen-bond donors (Lipinski definition) is 1. The maximum atomic E-state index is 11.6. The van der Waals surface area contributed by atoms with Crippen molar-refractivity contribution in [3.8, 4) is 11.1 Å². The Bertz CT molecular complexity index is 855. The van der Waals surface area contributed by atoms with Gasteiger partial charge in [0.1, 0.15) is 0 Å². The maximum Gasteiger partial charge on any atom is 0.328 e. The zero-order chi connectivity index (χ0) is 17.3. The first kappa shape index (κ1) is 15.9. The quantitative estimate of drug-likeness (QED) is 0.881. The van der Waals surface area contributed by atoms with Crippen LogP contribution in [0.4, 0.5) is 5.69 Å².